The van der Waals surface area contributed by atoms with Gasteiger partial charge >= 0.3 is 0 Å². The maximum Gasteiger partial charge on any atom is 0.264 e. The van der Waals surface area contributed by atoms with E-state index in [4.69, 9.17) is 4.74 Å². The Hall–Kier alpha value is -4.48. The van der Waals surface area contributed by atoms with Gasteiger partial charge in [-0.05, 0) is 54.1 Å². The quantitative estimate of drug-likeness (QED) is 0.304. The first-order valence-corrected chi connectivity index (χ1v) is 12.8. The minimum atomic E-state index is -4.38. The molecule has 2 aromatic carbocycles. The van der Waals surface area contributed by atoms with Gasteiger partial charge in [0, 0.05) is 35.0 Å². The predicted molar refractivity (Wildman–Crippen MR) is 138 cm³/mol. The topological polar surface area (TPSA) is 114 Å². The molecule has 0 saturated heterocycles. The summed E-state index contributed by atoms with van der Waals surface area (Å²) in [6.07, 6.45) is 3.38. The van der Waals surface area contributed by atoms with Crippen molar-refractivity contribution in [1.29, 1.82) is 0 Å². The molecule has 11 heteroatoms. The lowest BCUT2D eigenvalue weighted by atomic mass is 9.99. The first-order chi connectivity index (χ1) is 18.3. The van der Waals surface area contributed by atoms with Crippen LogP contribution < -0.4 is 9.46 Å². The third-order valence-corrected chi connectivity index (χ3v) is 7.22. The van der Waals surface area contributed by atoms with Gasteiger partial charge in [0.05, 0.1) is 30.6 Å². The second kappa shape index (κ2) is 10.1. The summed E-state index contributed by atoms with van der Waals surface area (Å²) >= 11 is 0. The maximum absolute atomic E-state index is 14.1. The van der Waals surface area contributed by atoms with E-state index in [9.17, 15) is 22.3 Å². The van der Waals surface area contributed by atoms with Gasteiger partial charge in [-0.15, -0.1) is 0 Å². The molecular weight excluding hydrogens is 514 g/mol. The number of sulfonamides is 1. The molecule has 0 amide bonds. The fraction of sp³-hybridized carbons (Fsp3) is 0.0741. The van der Waals surface area contributed by atoms with Crippen LogP contribution in [0.4, 0.5) is 14.5 Å². The van der Waals surface area contributed by atoms with E-state index in [2.05, 4.69) is 19.7 Å². The molecular formula is C27H20F2N4O4S. The molecule has 0 aliphatic rings. The van der Waals surface area contributed by atoms with Crippen LogP contribution in [0.1, 0.15) is 5.69 Å². The third kappa shape index (κ3) is 4.89. The van der Waals surface area contributed by atoms with Crippen molar-refractivity contribution in [2.75, 3.05) is 11.8 Å². The zero-order chi connectivity index (χ0) is 26.9. The highest BCUT2D eigenvalue weighted by Gasteiger charge is 2.22. The average molecular weight is 535 g/mol. The minimum absolute atomic E-state index is 0.0156. The van der Waals surface area contributed by atoms with Crippen LogP contribution in [-0.4, -0.2) is 35.6 Å². The zero-order valence-corrected chi connectivity index (χ0v) is 20.7. The molecule has 0 spiro atoms. The van der Waals surface area contributed by atoms with Crippen molar-refractivity contribution >= 4 is 26.6 Å². The van der Waals surface area contributed by atoms with Gasteiger partial charge in [0.1, 0.15) is 22.2 Å². The van der Waals surface area contributed by atoms with E-state index >= 15 is 0 Å². The highest BCUT2D eigenvalue weighted by Crippen LogP contribution is 2.33. The first kappa shape index (κ1) is 25.2. The molecule has 5 rings (SSSR count). The molecule has 0 unspecified atom stereocenters. The molecule has 0 fully saturated rings. The number of nitrogens with zero attached hydrogens (tertiary/aromatic N) is 3. The molecule has 0 saturated carbocycles. The number of benzene rings is 2. The smallest absolute Gasteiger partial charge is 0.264 e. The lowest BCUT2D eigenvalue weighted by Crippen LogP contribution is -2.15. The number of anilines is 1. The molecule has 3 heterocycles. The molecule has 8 nitrogen and oxygen atoms in total. The van der Waals surface area contributed by atoms with Gasteiger partial charge in [0.25, 0.3) is 10.0 Å². The summed E-state index contributed by atoms with van der Waals surface area (Å²) in [5.74, 6) is -2.15. The molecule has 0 atom stereocenters. The summed E-state index contributed by atoms with van der Waals surface area (Å²) in [7, 11) is -3.06. The van der Waals surface area contributed by atoms with Crippen molar-refractivity contribution in [3.63, 3.8) is 0 Å². The molecule has 0 bridgehead atoms. The van der Waals surface area contributed by atoms with E-state index in [0.29, 0.717) is 23.0 Å². The number of aliphatic hydroxyl groups excluding tert-OH is 1. The molecule has 2 N–H and O–H groups in total. The Balaban J connectivity index is 1.52. The number of hydrogen-bond donors (Lipinski definition) is 2. The number of pyridine rings is 3. The van der Waals surface area contributed by atoms with Crippen LogP contribution >= 0.6 is 0 Å². The summed E-state index contributed by atoms with van der Waals surface area (Å²) in [6, 6.07) is 16.3. The summed E-state index contributed by atoms with van der Waals surface area (Å²) in [5.41, 5.74) is 4.21. The molecule has 0 radical (unpaired) electrons. The van der Waals surface area contributed by atoms with E-state index in [-0.39, 0.29) is 18.2 Å². The first-order valence-electron chi connectivity index (χ1n) is 11.3. The van der Waals surface area contributed by atoms with Crippen LogP contribution in [0, 0.1) is 11.6 Å². The number of rotatable bonds is 7. The van der Waals surface area contributed by atoms with Crippen molar-refractivity contribution in [1.82, 2.24) is 15.0 Å². The second-order valence-corrected chi connectivity index (χ2v) is 9.87. The minimum Gasteiger partial charge on any atom is -0.479 e. The number of halogens is 2. The number of aromatic nitrogens is 3. The third-order valence-electron chi connectivity index (χ3n) is 5.82. The number of methoxy groups -OCH3 is 1. The molecule has 0 aliphatic heterocycles. The summed E-state index contributed by atoms with van der Waals surface area (Å²) in [5, 5.41) is 10.1. The Kier molecular flexibility index (Phi) is 6.70. The SMILES string of the molecule is COc1nc(-c2ccc3nccc(-c4ccc(CO)nc4)c3c2)ccc1NS(=O)(=O)c1ccc(F)cc1F. The second-order valence-electron chi connectivity index (χ2n) is 8.22. The van der Waals surface area contributed by atoms with Crippen LogP contribution in [0.25, 0.3) is 33.3 Å². The number of fused-ring (bicyclic) bond motifs is 1. The van der Waals surface area contributed by atoms with E-state index in [1.807, 2.05) is 30.3 Å². The highest BCUT2D eigenvalue weighted by molar-refractivity contribution is 7.92. The lowest BCUT2D eigenvalue weighted by molar-refractivity contribution is 0.277. The Bertz CT molecular complexity index is 1760. The van der Waals surface area contributed by atoms with Crippen molar-refractivity contribution in [2.45, 2.75) is 11.5 Å². The number of aliphatic hydroxyl groups is 1. The lowest BCUT2D eigenvalue weighted by Gasteiger charge is -2.13. The Labute approximate surface area is 216 Å². The van der Waals surface area contributed by atoms with Crippen LogP contribution in [0.3, 0.4) is 0 Å². The Morgan fingerprint density at radius 3 is 2.47 bits per heavy atom. The van der Waals surface area contributed by atoms with Crippen molar-refractivity contribution in [2.24, 2.45) is 0 Å². The molecule has 38 heavy (non-hydrogen) atoms. The normalized spacial score (nSPS) is 11.5. The van der Waals surface area contributed by atoms with E-state index in [1.54, 1.807) is 24.5 Å². The Morgan fingerprint density at radius 2 is 1.76 bits per heavy atom. The van der Waals surface area contributed by atoms with Gasteiger partial charge in [0.2, 0.25) is 5.88 Å². The average Bonchev–Trinajstić information content (AvgIpc) is 2.92. The highest BCUT2D eigenvalue weighted by atomic mass is 32.2. The van der Waals surface area contributed by atoms with E-state index < -0.39 is 26.6 Å². The van der Waals surface area contributed by atoms with Gasteiger partial charge in [-0.2, -0.15) is 0 Å². The fourth-order valence-electron chi connectivity index (χ4n) is 3.96. The molecule has 3 aromatic heterocycles. The van der Waals surface area contributed by atoms with E-state index in [1.165, 1.54) is 13.2 Å². The Morgan fingerprint density at radius 1 is 0.947 bits per heavy atom. The van der Waals surface area contributed by atoms with E-state index in [0.717, 1.165) is 34.2 Å². The predicted octanol–water partition coefficient (Wildman–Crippen LogP) is 4.94. The van der Waals surface area contributed by atoms with Crippen molar-refractivity contribution < 1.29 is 27.0 Å². The number of hydrogen-bond acceptors (Lipinski definition) is 7. The van der Waals surface area contributed by atoms with Crippen LogP contribution in [-0.2, 0) is 16.6 Å². The van der Waals surface area contributed by atoms with Crippen LogP contribution in [0.5, 0.6) is 5.88 Å². The largest absolute Gasteiger partial charge is 0.479 e. The number of ether oxygens (including phenoxy) is 1. The zero-order valence-electron chi connectivity index (χ0n) is 19.9. The van der Waals surface area contributed by atoms with Gasteiger partial charge in [-0.25, -0.2) is 22.2 Å². The van der Waals surface area contributed by atoms with Crippen LogP contribution in [0.15, 0.2) is 84.0 Å². The monoisotopic (exact) mass is 534 g/mol. The van der Waals surface area contributed by atoms with Gasteiger partial charge < -0.3 is 9.84 Å². The van der Waals surface area contributed by atoms with Gasteiger partial charge in [-0.3, -0.25) is 14.7 Å². The summed E-state index contributed by atoms with van der Waals surface area (Å²) in [6.45, 7) is -0.153. The molecule has 192 valence electrons. The van der Waals surface area contributed by atoms with Gasteiger partial charge in [-0.1, -0.05) is 12.1 Å². The summed E-state index contributed by atoms with van der Waals surface area (Å²) in [4.78, 5) is 12.4. The standard InChI is InChI=1S/C27H20F2N4O4S/c1-37-27-25(33-38(35,36)26-9-4-18(28)13-22(26)29)8-7-23(32-27)16-3-6-24-21(12-16)20(10-11-30-24)17-2-5-19(15-34)31-14-17/h2-14,33-34H,15H2,1H3. The number of nitrogens with one attached hydrogen (secondary N) is 1. The molecule has 5 aromatic rings. The van der Waals surface area contributed by atoms with Gasteiger partial charge in [0.15, 0.2) is 0 Å². The molecule has 0 aliphatic carbocycles. The van der Waals surface area contributed by atoms with Crippen LogP contribution in [0.2, 0.25) is 0 Å². The summed E-state index contributed by atoms with van der Waals surface area (Å²) < 4.78 is 60.4. The van der Waals surface area contributed by atoms with Crippen molar-refractivity contribution in [3.05, 3.63) is 96.5 Å². The maximum atomic E-state index is 14.1. The van der Waals surface area contributed by atoms with Crippen molar-refractivity contribution in [3.8, 4) is 28.3 Å². The fourth-order valence-corrected chi connectivity index (χ4v) is 5.08.